The van der Waals surface area contributed by atoms with Crippen LogP contribution in [0.15, 0.2) is 34.8 Å². The molecule has 3 N–H and O–H groups in total. The van der Waals surface area contributed by atoms with E-state index in [2.05, 4.69) is 26.3 Å². The number of nitro groups is 1. The lowest BCUT2D eigenvalue weighted by molar-refractivity contribution is -0.384. The van der Waals surface area contributed by atoms with Gasteiger partial charge in [0, 0.05) is 0 Å². The Labute approximate surface area is 128 Å². The maximum absolute atomic E-state index is 10.9. The number of nitrogens with zero attached hydrogens (tertiary/aromatic N) is 2. The van der Waals surface area contributed by atoms with Crippen molar-refractivity contribution < 1.29 is 14.4 Å². The van der Waals surface area contributed by atoms with Gasteiger partial charge in [-0.3, -0.25) is 10.1 Å². The van der Waals surface area contributed by atoms with E-state index in [-0.39, 0.29) is 17.4 Å². The first-order valence-electron chi connectivity index (χ1n) is 5.68. The zero-order valence-electron chi connectivity index (χ0n) is 10.9. The van der Waals surface area contributed by atoms with Crippen molar-refractivity contribution in [1.29, 1.82) is 0 Å². The third kappa shape index (κ3) is 3.58. The molecule has 1 heterocycles. The van der Waals surface area contributed by atoms with Gasteiger partial charge in [0.15, 0.2) is 5.82 Å². The van der Waals surface area contributed by atoms with Gasteiger partial charge in [-0.05, 0) is 34.1 Å². The van der Waals surface area contributed by atoms with Gasteiger partial charge in [0.25, 0.3) is 5.69 Å². The first-order chi connectivity index (χ1) is 10.0. The third-order valence-corrected chi connectivity index (χ3v) is 3.12. The van der Waals surface area contributed by atoms with Crippen molar-refractivity contribution in [3.8, 4) is 17.4 Å². The largest absolute Gasteiger partial charge is 0.497 e. The fourth-order valence-corrected chi connectivity index (χ4v) is 1.97. The minimum atomic E-state index is -0.557. The second-order valence-corrected chi connectivity index (χ2v) is 4.70. The van der Waals surface area contributed by atoms with Crippen LogP contribution in [0.2, 0.25) is 0 Å². The van der Waals surface area contributed by atoms with Crippen molar-refractivity contribution in [3.05, 3.63) is 44.9 Å². The van der Waals surface area contributed by atoms with E-state index in [9.17, 15) is 10.1 Å². The number of rotatable bonds is 5. The third-order valence-electron chi connectivity index (χ3n) is 2.50. The monoisotopic (exact) mass is 354 g/mol. The van der Waals surface area contributed by atoms with Gasteiger partial charge in [0.2, 0.25) is 5.88 Å². The molecule has 1 aromatic carbocycles. The first kappa shape index (κ1) is 15.0. The molecular weight excluding hydrogens is 344 g/mol. The predicted octanol–water partition coefficient (Wildman–Crippen LogP) is 2.84. The number of pyridine rings is 1. The van der Waals surface area contributed by atoms with Crippen molar-refractivity contribution in [3.63, 3.8) is 0 Å². The van der Waals surface area contributed by atoms with Crippen molar-refractivity contribution >= 4 is 27.4 Å². The summed E-state index contributed by atoms with van der Waals surface area (Å²) in [5.74, 6) is 6.49. The van der Waals surface area contributed by atoms with Gasteiger partial charge >= 0.3 is 0 Å². The van der Waals surface area contributed by atoms with Crippen LogP contribution in [-0.2, 0) is 0 Å². The molecular formula is C12H11BrN4O4. The number of aromatic nitrogens is 1. The smallest absolute Gasteiger partial charge is 0.278 e. The molecule has 0 bridgehead atoms. The van der Waals surface area contributed by atoms with E-state index in [1.807, 2.05) is 0 Å². The standard InChI is InChI=1S/C12H11BrN4O4/c1-20-8-2-3-10(9(13)6-8)21-12-5-7(17(18)19)4-11(15-12)16-14/h2-6H,14H2,1H3,(H,15,16). The molecule has 0 aliphatic carbocycles. The Kier molecular flexibility index (Phi) is 4.55. The van der Waals surface area contributed by atoms with Crippen LogP contribution in [0.1, 0.15) is 0 Å². The summed E-state index contributed by atoms with van der Waals surface area (Å²) >= 11 is 3.32. The highest BCUT2D eigenvalue weighted by atomic mass is 79.9. The summed E-state index contributed by atoms with van der Waals surface area (Å²) < 4.78 is 11.2. The van der Waals surface area contributed by atoms with Crippen LogP contribution in [0.3, 0.4) is 0 Å². The van der Waals surface area contributed by atoms with Crippen LogP contribution < -0.4 is 20.7 Å². The summed E-state index contributed by atoms with van der Waals surface area (Å²) in [6.07, 6.45) is 0. The van der Waals surface area contributed by atoms with Gasteiger partial charge in [-0.1, -0.05) is 0 Å². The van der Waals surface area contributed by atoms with E-state index >= 15 is 0 Å². The first-order valence-corrected chi connectivity index (χ1v) is 6.47. The lowest BCUT2D eigenvalue weighted by Gasteiger charge is -2.09. The summed E-state index contributed by atoms with van der Waals surface area (Å²) in [5, 5.41) is 10.9. The molecule has 0 aliphatic heterocycles. The SMILES string of the molecule is COc1ccc(Oc2cc([N+](=O)[O-])cc(NN)n2)c(Br)c1. The van der Waals surface area contributed by atoms with E-state index in [4.69, 9.17) is 15.3 Å². The average molecular weight is 355 g/mol. The maximum atomic E-state index is 10.9. The van der Waals surface area contributed by atoms with Crippen LogP contribution in [0.5, 0.6) is 17.4 Å². The molecule has 0 amide bonds. The normalized spacial score (nSPS) is 10.0. The average Bonchev–Trinajstić information content (AvgIpc) is 2.48. The lowest BCUT2D eigenvalue weighted by atomic mass is 10.3. The highest BCUT2D eigenvalue weighted by Gasteiger charge is 2.13. The Hall–Kier alpha value is -2.39. The van der Waals surface area contributed by atoms with E-state index in [1.165, 1.54) is 12.1 Å². The van der Waals surface area contributed by atoms with Crippen LogP contribution in [-0.4, -0.2) is 17.0 Å². The van der Waals surface area contributed by atoms with Crippen molar-refractivity contribution in [2.45, 2.75) is 0 Å². The van der Waals surface area contributed by atoms with Gasteiger partial charge in [0.1, 0.15) is 11.5 Å². The fraction of sp³-hybridized carbons (Fsp3) is 0.0833. The molecule has 0 fully saturated rings. The van der Waals surface area contributed by atoms with Crippen LogP contribution >= 0.6 is 15.9 Å². The minimum absolute atomic E-state index is 0.0445. The predicted molar refractivity (Wildman–Crippen MR) is 79.5 cm³/mol. The summed E-state index contributed by atoms with van der Waals surface area (Å²) in [5.41, 5.74) is 2.07. The Bertz CT molecular complexity index is 680. The molecule has 0 saturated carbocycles. The number of anilines is 1. The number of hydrogen-bond donors (Lipinski definition) is 2. The molecule has 0 atom stereocenters. The fourth-order valence-electron chi connectivity index (χ4n) is 1.53. The molecule has 2 rings (SSSR count). The molecule has 0 radical (unpaired) electrons. The quantitative estimate of drug-likeness (QED) is 0.482. The molecule has 9 heteroatoms. The zero-order valence-corrected chi connectivity index (χ0v) is 12.5. The minimum Gasteiger partial charge on any atom is -0.497 e. The van der Waals surface area contributed by atoms with Gasteiger partial charge in [-0.2, -0.15) is 4.98 Å². The van der Waals surface area contributed by atoms with Crippen LogP contribution in [0.25, 0.3) is 0 Å². The highest BCUT2D eigenvalue weighted by Crippen LogP contribution is 2.33. The Balaban J connectivity index is 2.34. The number of hydrogen-bond acceptors (Lipinski definition) is 7. The van der Waals surface area contributed by atoms with Gasteiger partial charge in [-0.25, -0.2) is 5.84 Å². The molecule has 0 aliphatic rings. The van der Waals surface area contributed by atoms with Gasteiger partial charge < -0.3 is 14.9 Å². The molecule has 110 valence electrons. The molecule has 21 heavy (non-hydrogen) atoms. The molecule has 0 spiro atoms. The van der Waals surface area contributed by atoms with Gasteiger partial charge in [0.05, 0.1) is 28.6 Å². The summed E-state index contributed by atoms with van der Waals surface area (Å²) in [6, 6.07) is 7.46. The second kappa shape index (κ2) is 6.37. The summed E-state index contributed by atoms with van der Waals surface area (Å²) in [7, 11) is 1.55. The van der Waals surface area contributed by atoms with Gasteiger partial charge in [-0.15, -0.1) is 0 Å². The topological polar surface area (TPSA) is 113 Å². The number of nitrogen functional groups attached to an aromatic ring is 1. The van der Waals surface area contributed by atoms with E-state index in [0.717, 1.165) is 0 Å². The summed E-state index contributed by atoms with van der Waals surface area (Å²) in [6.45, 7) is 0. The molecule has 8 nitrogen and oxygen atoms in total. The van der Waals surface area contributed by atoms with Crippen molar-refractivity contribution in [2.24, 2.45) is 5.84 Å². The number of benzene rings is 1. The Morgan fingerprint density at radius 1 is 1.38 bits per heavy atom. The maximum Gasteiger partial charge on any atom is 0.278 e. The van der Waals surface area contributed by atoms with E-state index in [0.29, 0.717) is 16.0 Å². The lowest BCUT2D eigenvalue weighted by Crippen LogP contribution is -2.09. The zero-order chi connectivity index (χ0) is 15.4. The van der Waals surface area contributed by atoms with E-state index in [1.54, 1.807) is 25.3 Å². The molecule has 0 unspecified atom stereocenters. The van der Waals surface area contributed by atoms with E-state index < -0.39 is 4.92 Å². The molecule has 0 saturated heterocycles. The number of nitrogens with one attached hydrogen (secondary N) is 1. The number of hydrazine groups is 1. The highest BCUT2D eigenvalue weighted by molar-refractivity contribution is 9.10. The van der Waals surface area contributed by atoms with Crippen LogP contribution in [0, 0.1) is 10.1 Å². The molecule has 2 aromatic rings. The van der Waals surface area contributed by atoms with Crippen molar-refractivity contribution in [1.82, 2.24) is 4.98 Å². The van der Waals surface area contributed by atoms with Crippen molar-refractivity contribution in [2.75, 3.05) is 12.5 Å². The number of nitrogens with two attached hydrogens (primary N) is 1. The number of ether oxygens (including phenoxy) is 2. The number of halogens is 1. The molecule has 1 aromatic heterocycles. The Morgan fingerprint density at radius 3 is 2.71 bits per heavy atom. The Morgan fingerprint density at radius 2 is 2.14 bits per heavy atom. The van der Waals surface area contributed by atoms with Crippen LogP contribution in [0.4, 0.5) is 11.5 Å². The second-order valence-electron chi connectivity index (χ2n) is 3.85. The number of methoxy groups -OCH3 is 1. The summed E-state index contributed by atoms with van der Waals surface area (Å²) in [4.78, 5) is 14.3.